The molecule has 0 amide bonds. The first-order valence-electron chi connectivity index (χ1n) is 12.4. The van der Waals surface area contributed by atoms with Crippen molar-refractivity contribution in [3.63, 3.8) is 0 Å². The second kappa shape index (κ2) is 13.9. The lowest BCUT2D eigenvalue weighted by Gasteiger charge is -2.15. The van der Waals surface area contributed by atoms with Crippen LogP contribution in [-0.4, -0.2) is 58.4 Å². The van der Waals surface area contributed by atoms with Gasteiger partial charge in [-0.15, -0.1) is 0 Å². The summed E-state index contributed by atoms with van der Waals surface area (Å²) >= 11 is 27.2. The number of halogens is 5. The van der Waals surface area contributed by atoms with E-state index in [0.717, 1.165) is 40.5 Å². The van der Waals surface area contributed by atoms with Crippen LogP contribution in [0.2, 0.25) is 72.2 Å². The van der Waals surface area contributed by atoms with E-state index < -0.39 is 16.1 Å². The molecule has 0 fully saturated rings. The van der Waals surface area contributed by atoms with Crippen LogP contribution in [-0.2, 0) is 22.9 Å². The molecule has 0 saturated heterocycles. The minimum Gasteiger partial charge on any atom is -0.361 e. The fourth-order valence-electron chi connectivity index (χ4n) is 3.36. The Balaban J connectivity index is 0.000000216. The van der Waals surface area contributed by atoms with Crippen LogP contribution in [0.15, 0.2) is 22.9 Å². The van der Waals surface area contributed by atoms with Gasteiger partial charge in [-0.05, 0) is 57.3 Å². The van der Waals surface area contributed by atoms with Gasteiger partial charge in [-0.25, -0.2) is 9.97 Å². The third-order valence-electron chi connectivity index (χ3n) is 5.60. The molecular weight excluding hydrogens is 682 g/mol. The van der Waals surface area contributed by atoms with Gasteiger partial charge in [-0.1, -0.05) is 62.5 Å². The van der Waals surface area contributed by atoms with Crippen LogP contribution in [0.4, 0.5) is 0 Å². The summed E-state index contributed by atoms with van der Waals surface area (Å²) in [5.41, 5.74) is 1.38. The summed E-state index contributed by atoms with van der Waals surface area (Å²) in [6, 6.07) is 4.14. The molecule has 4 heterocycles. The molecular formula is C24H33BrCl4N6O2Si2. The zero-order valence-corrected chi connectivity index (χ0v) is 29.5. The van der Waals surface area contributed by atoms with Crippen molar-refractivity contribution < 1.29 is 9.47 Å². The summed E-state index contributed by atoms with van der Waals surface area (Å²) in [5.74, 6) is 0. The van der Waals surface area contributed by atoms with Crippen molar-refractivity contribution in [1.29, 1.82) is 0 Å². The molecule has 0 aliphatic carbocycles. The highest BCUT2D eigenvalue weighted by molar-refractivity contribution is 9.10. The van der Waals surface area contributed by atoms with Crippen LogP contribution in [0.1, 0.15) is 0 Å². The monoisotopic (exact) mass is 712 g/mol. The first-order valence-corrected chi connectivity index (χ1v) is 22.1. The van der Waals surface area contributed by atoms with Crippen molar-refractivity contribution in [3.05, 3.63) is 43.8 Å². The summed E-state index contributed by atoms with van der Waals surface area (Å²) in [5, 5.41) is 2.55. The Hall–Kier alpha value is -0.766. The summed E-state index contributed by atoms with van der Waals surface area (Å²) in [7, 11) is -2.13. The van der Waals surface area contributed by atoms with Gasteiger partial charge in [-0.2, -0.15) is 9.97 Å². The van der Waals surface area contributed by atoms with E-state index in [9.17, 15) is 0 Å². The fraction of sp³-hybridized carbons (Fsp3) is 0.500. The van der Waals surface area contributed by atoms with Crippen molar-refractivity contribution in [1.82, 2.24) is 29.1 Å². The van der Waals surface area contributed by atoms with E-state index >= 15 is 0 Å². The molecule has 0 saturated carbocycles. The number of aromatic nitrogens is 6. The highest BCUT2D eigenvalue weighted by atomic mass is 79.9. The third-order valence-corrected chi connectivity index (χ3v) is 10.5. The van der Waals surface area contributed by atoms with E-state index in [1.54, 1.807) is 0 Å². The molecule has 0 aliphatic heterocycles. The molecule has 4 aromatic heterocycles. The van der Waals surface area contributed by atoms with Crippen molar-refractivity contribution in [3.8, 4) is 0 Å². The van der Waals surface area contributed by atoms with Crippen LogP contribution < -0.4 is 0 Å². The van der Waals surface area contributed by atoms with Crippen LogP contribution in [0.5, 0.6) is 0 Å². The van der Waals surface area contributed by atoms with Gasteiger partial charge in [0.15, 0.2) is 0 Å². The smallest absolute Gasteiger partial charge is 0.225 e. The van der Waals surface area contributed by atoms with Gasteiger partial charge in [0.2, 0.25) is 10.6 Å². The maximum Gasteiger partial charge on any atom is 0.225 e. The SMILES string of the molecule is C[Si](C)(C)CCOCn1cc(Br)c2c(Cl)nc(Cl)nc21.C[Si](C)(C)CCOCn1ccc2c(Cl)nc(Cl)nc21. The summed E-state index contributed by atoms with van der Waals surface area (Å²) in [4.78, 5) is 16.3. The lowest BCUT2D eigenvalue weighted by Crippen LogP contribution is -2.22. The van der Waals surface area contributed by atoms with Gasteiger partial charge >= 0.3 is 0 Å². The van der Waals surface area contributed by atoms with Gasteiger partial charge in [0, 0.05) is 46.2 Å². The van der Waals surface area contributed by atoms with Gasteiger partial charge in [0.05, 0.1) is 10.8 Å². The molecule has 0 aliphatic rings. The molecule has 0 bridgehead atoms. The molecule has 0 unspecified atom stereocenters. The minimum absolute atomic E-state index is 0.136. The van der Waals surface area contributed by atoms with E-state index in [4.69, 9.17) is 55.9 Å². The molecule has 0 N–H and O–H groups in total. The molecule has 0 spiro atoms. The molecule has 0 atom stereocenters. The summed E-state index contributed by atoms with van der Waals surface area (Å²) < 4.78 is 16.0. The fourth-order valence-corrected chi connectivity index (χ4v) is 6.51. The second-order valence-corrected chi connectivity index (χ2v) is 24.9. The van der Waals surface area contributed by atoms with Crippen molar-refractivity contribution in [2.75, 3.05) is 13.2 Å². The Kier molecular flexibility index (Phi) is 11.7. The third kappa shape index (κ3) is 9.93. The van der Waals surface area contributed by atoms with Gasteiger partial charge < -0.3 is 18.6 Å². The minimum atomic E-state index is -1.07. The maximum absolute atomic E-state index is 6.09. The van der Waals surface area contributed by atoms with Crippen molar-refractivity contribution in [2.24, 2.45) is 0 Å². The first-order chi connectivity index (χ1) is 18.1. The van der Waals surface area contributed by atoms with Crippen LogP contribution >= 0.6 is 62.3 Å². The molecule has 8 nitrogen and oxygen atoms in total. The van der Waals surface area contributed by atoms with E-state index in [2.05, 4.69) is 75.1 Å². The maximum atomic E-state index is 6.09. The molecule has 15 heteroatoms. The first kappa shape index (κ1) is 32.7. The highest BCUT2D eigenvalue weighted by Gasteiger charge is 2.16. The van der Waals surface area contributed by atoms with Gasteiger partial charge in [0.1, 0.15) is 35.1 Å². The summed E-state index contributed by atoms with van der Waals surface area (Å²) in [6.07, 6.45) is 3.77. The Labute approximate surface area is 259 Å². The zero-order valence-electron chi connectivity index (χ0n) is 22.9. The van der Waals surface area contributed by atoms with Crippen molar-refractivity contribution in [2.45, 2.75) is 64.8 Å². The Bertz CT molecular complexity index is 1420. The van der Waals surface area contributed by atoms with E-state index in [1.165, 1.54) is 0 Å². The molecule has 4 aromatic rings. The van der Waals surface area contributed by atoms with E-state index in [-0.39, 0.29) is 10.6 Å². The molecule has 4 rings (SSSR count). The standard InChI is InChI=1S/C12H16BrCl2N3OSi.C12H17Cl2N3OSi/c1-20(2,3)5-4-19-7-18-6-8(13)9-10(14)16-12(15)17-11(9)18;1-19(2,3)7-6-18-8-17-5-4-9-10(13)15-12(14)16-11(9)17/h6H,4-5,7H2,1-3H3;4-5H,6-8H2,1-3H3. The van der Waals surface area contributed by atoms with Crippen molar-refractivity contribution >= 4 is 101 Å². The Morgan fingerprint density at radius 1 is 0.744 bits per heavy atom. The Morgan fingerprint density at radius 2 is 1.26 bits per heavy atom. The predicted octanol–water partition coefficient (Wildman–Crippen LogP) is 8.86. The zero-order chi connectivity index (χ0) is 29.0. The number of rotatable bonds is 10. The summed E-state index contributed by atoms with van der Waals surface area (Å²) in [6.45, 7) is 16.4. The molecule has 0 aromatic carbocycles. The Morgan fingerprint density at radius 3 is 1.82 bits per heavy atom. The van der Waals surface area contributed by atoms with Crippen LogP contribution in [0.3, 0.4) is 0 Å². The number of nitrogens with zero attached hydrogens (tertiary/aromatic N) is 6. The topological polar surface area (TPSA) is 79.9 Å². The average Bonchev–Trinajstić information content (AvgIpc) is 3.34. The van der Waals surface area contributed by atoms with Crippen LogP contribution in [0, 0.1) is 0 Å². The largest absolute Gasteiger partial charge is 0.361 e. The normalized spacial score (nSPS) is 12.3. The molecule has 39 heavy (non-hydrogen) atoms. The average molecular weight is 715 g/mol. The lowest BCUT2D eigenvalue weighted by atomic mass is 10.4. The molecule has 214 valence electrons. The lowest BCUT2D eigenvalue weighted by molar-refractivity contribution is 0.0897. The van der Waals surface area contributed by atoms with E-state index in [0.29, 0.717) is 35.1 Å². The number of fused-ring (bicyclic) bond motifs is 2. The number of ether oxygens (including phenoxy) is 2. The quantitative estimate of drug-likeness (QED) is 0.0707. The number of hydrogen-bond donors (Lipinski definition) is 0. The van der Waals surface area contributed by atoms with Gasteiger partial charge in [0.25, 0.3) is 0 Å². The van der Waals surface area contributed by atoms with E-state index in [1.807, 2.05) is 27.6 Å². The van der Waals surface area contributed by atoms with Crippen LogP contribution in [0.25, 0.3) is 22.1 Å². The molecule has 0 radical (unpaired) electrons. The highest BCUT2D eigenvalue weighted by Crippen LogP contribution is 2.31. The second-order valence-electron chi connectivity index (χ2n) is 11.4. The predicted molar refractivity (Wildman–Crippen MR) is 171 cm³/mol. The number of hydrogen-bond acceptors (Lipinski definition) is 6. The van der Waals surface area contributed by atoms with Gasteiger partial charge in [-0.3, -0.25) is 0 Å².